The summed E-state index contributed by atoms with van der Waals surface area (Å²) in [5.74, 6) is 0.806. The summed E-state index contributed by atoms with van der Waals surface area (Å²) in [6.07, 6.45) is 2.89. The Hall–Kier alpha value is -1.73. The van der Waals surface area contributed by atoms with Crippen LogP contribution in [0.5, 0.6) is 0 Å². The van der Waals surface area contributed by atoms with Gasteiger partial charge in [0.05, 0.1) is 10.9 Å². The zero-order valence-corrected chi connectivity index (χ0v) is 12.2. The summed E-state index contributed by atoms with van der Waals surface area (Å²) in [6.45, 7) is 2.03. The Morgan fingerprint density at radius 2 is 1.95 bits per heavy atom. The first-order valence-electron chi connectivity index (χ1n) is 6.31. The number of benzene rings is 1. The second-order valence-electron chi connectivity index (χ2n) is 4.65. The summed E-state index contributed by atoms with van der Waals surface area (Å²) in [6, 6.07) is 6.06. The lowest BCUT2D eigenvalue weighted by atomic mass is 10.2. The zero-order chi connectivity index (χ0) is 14.8. The minimum Gasteiger partial charge on any atom is -0.334 e. The smallest absolute Gasteiger partial charge is 0.257 e. The first-order chi connectivity index (χ1) is 9.41. The number of aromatic nitrogens is 2. The van der Waals surface area contributed by atoms with Gasteiger partial charge in [-0.05, 0) is 30.7 Å². The molecule has 6 nitrogen and oxygen atoms in total. The minimum absolute atomic E-state index is 0.243. The molecular formula is C13H17N3O3S. The molecule has 1 unspecified atom stereocenters. The van der Waals surface area contributed by atoms with Crippen LogP contribution in [0, 0.1) is 0 Å². The quantitative estimate of drug-likeness (QED) is 0.905. The molecule has 0 fully saturated rings. The van der Waals surface area contributed by atoms with Crippen molar-refractivity contribution in [2.24, 2.45) is 5.73 Å². The summed E-state index contributed by atoms with van der Waals surface area (Å²) in [5.41, 5.74) is 6.58. The van der Waals surface area contributed by atoms with Gasteiger partial charge in [0.15, 0.2) is 15.7 Å². The van der Waals surface area contributed by atoms with Gasteiger partial charge in [0.2, 0.25) is 0 Å². The van der Waals surface area contributed by atoms with E-state index in [0.29, 0.717) is 17.3 Å². The van der Waals surface area contributed by atoms with Gasteiger partial charge in [-0.15, -0.1) is 0 Å². The third kappa shape index (κ3) is 3.23. The van der Waals surface area contributed by atoms with Crippen LogP contribution >= 0.6 is 0 Å². The number of rotatable bonds is 5. The molecule has 0 aliphatic carbocycles. The molecule has 1 aromatic carbocycles. The molecule has 2 aromatic rings. The normalized spacial score (nSPS) is 13.3. The second kappa shape index (κ2) is 5.72. The van der Waals surface area contributed by atoms with Gasteiger partial charge in [-0.2, -0.15) is 4.98 Å². The maximum absolute atomic E-state index is 11.4. The standard InChI is InChI=1S/C13H17N3O3S/c1-3-4-11(14)12-15-13(19-16-12)9-5-7-10(8-6-9)20(2,17)18/h5-8,11H,3-4,14H2,1-2H3. The van der Waals surface area contributed by atoms with E-state index in [2.05, 4.69) is 10.1 Å². The molecule has 20 heavy (non-hydrogen) atoms. The highest BCUT2D eigenvalue weighted by Gasteiger charge is 2.15. The van der Waals surface area contributed by atoms with Crippen LogP contribution in [0.25, 0.3) is 11.5 Å². The fourth-order valence-electron chi connectivity index (χ4n) is 1.79. The molecule has 1 heterocycles. The van der Waals surface area contributed by atoms with Crippen molar-refractivity contribution >= 4 is 9.84 Å². The number of nitrogens with zero attached hydrogens (tertiary/aromatic N) is 2. The Kier molecular flexibility index (Phi) is 4.20. The Morgan fingerprint density at radius 3 is 2.50 bits per heavy atom. The molecule has 0 aliphatic heterocycles. The van der Waals surface area contributed by atoms with Gasteiger partial charge in [-0.3, -0.25) is 0 Å². The van der Waals surface area contributed by atoms with Crippen LogP contribution in [-0.4, -0.2) is 24.8 Å². The third-order valence-corrected chi connectivity index (χ3v) is 4.03. The minimum atomic E-state index is -3.20. The molecule has 0 saturated heterocycles. The van der Waals surface area contributed by atoms with Crippen molar-refractivity contribution in [3.05, 3.63) is 30.1 Å². The van der Waals surface area contributed by atoms with Crippen LogP contribution < -0.4 is 5.73 Å². The molecule has 0 bridgehead atoms. The van der Waals surface area contributed by atoms with Crippen molar-refractivity contribution in [1.82, 2.24) is 10.1 Å². The van der Waals surface area contributed by atoms with Crippen molar-refractivity contribution in [2.75, 3.05) is 6.26 Å². The van der Waals surface area contributed by atoms with E-state index < -0.39 is 9.84 Å². The number of hydrogen-bond acceptors (Lipinski definition) is 6. The second-order valence-corrected chi connectivity index (χ2v) is 6.67. The summed E-state index contributed by atoms with van der Waals surface area (Å²) in [4.78, 5) is 4.49. The molecular weight excluding hydrogens is 278 g/mol. The third-order valence-electron chi connectivity index (χ3n) is 2.90. The maximum atomic E-state index is 11.4. The lowest BCUT2D eigenvalue weighted by Crippen LogP contribution is -2.11. The topological polar surface area (TPSA) is 99.1 Å². The van der Waals surface area contributed by atoms with Crippen molar-refractivity contribution in [1.29, 1.82) is 0 Å². The van der Waals surface area contributed by atoms with Gasteiger partial charge in [0.1, 0.15) is 0 Å². The molecule has 0 radical (unpaired) electrons. The molecule has 1 atom stereocenters. The molecule has 7 heteroatoms. The van der Waals surface area contributed by atoms with Crippen molar-refractivity contribution in [2.45, 2.75) is 30.7 Å². The maximum Gasteiger partial charge on any atom is 0.257 e. The highest BCUT2D eigenvalue weighted by atomic mass is 32.2. The van der Waals surface area contributed by atoms with Gasteiger partial charge in [0.25, 0.3) is 5.89 Å². The Morgan fingerprint density at radius 1 is 1.30 bits per heavy atom. The first kappa shape index (κ1) is 14.7. The largest absolute Gasteiger partial charge is 0.334 e. The summed E-state index contributed by atoms with van der Waals surface area (Å²) < 4.78 is 27.9. The fourth-order valence-corrected chi connectivity index (χ4v) is 2.42. The SMILES string of the molecule is CCCC(N)c1noc(-c2ccc(S(C)(=O)=O)cc2)n1. The Balaban J connectivity index is 2.24. The highest BCUT2D eigenvalue weighted by Crippen LogP contribution is 2.21. The van der Waals surface area contributed by atoms with E-state index in [4.69, 9.17) is 10.3 Å². The van der Waals surface area contributed by atoms with Crippen LogP contribution in [0.2, 0.25) is 0 Å². The molecule has 2 N–H and O–H groups in total. The highest BCUT2D eigenvalue weighted by molar-refractivity contribution is 7.90. The summed E-state index contributed by atoms with van der Waals surface area (Å²) in [7, 11) is -3.20. The number of sulfone groups is 1. The molecule has 0 amide bonds. The first-order valence-corrected chi connectivity index (χ1v) is 8.20. The van der Waals surface area contributed by atoms with Crippen LogP contribution in [0.1, 0.15) is 31.6 Å². The van der Waals surface area contributed by atoms with Crippen LogP contribution in [0.4, 0.5) is 0 Å². The van der Waals surface area contributed by atoms with E-state index in [9.17, 15) is 8.42 Å². The fraction of sp³-hybridized carbons (Fsp3) is 0.385. The summed E-state index contributed by atoms with van der Waals surface area (Å²) >= 11 is 0. The van der Waals surface area contributed by atoms with Gasteiger partial charge in [-0.25, -0.2) is 8.42 Å². The van der Waals surface area contributed by atoms with E-state index in [1.807, 2.05) is 6.92 Å². The number of hydrogen-bond donors (Lipinski definition) is 1. The van der Waals surface area contributed by atoms with Gasteiger partial charge < -0.3 is 10.3 Å². The van der Waals surface area contributed by atoms with E-state index in [1.54, 1.807) is 12.1 Å². The monoisotopic (exact) mass is 295 g/mol. The van der Waals surface area contributed by atoms with Crippen molar-refractivity contribution < 1.29 is 12.9 Å². The molecule has 108 valence electrons. The lowest BCUT2D eigenvalue weighted by molar-refractivity contribution is 0.413. The molecule has 0 saturated carbocycles. The van der Waals surface area contributed by atoms with E-state index in [1.165, 1.54) is 12.1 Å². The van der Waals surface area contributed by atoms with E-state index in [0.717, 1.165) is 19.1 Å². The predicted octanol–water partition coefficient (Wildman–Crippen LogP) is 1.94. The van der Waals surface area contributed by atoms with E-state index >= 15 is 0 Å². The predicted molar refractivity (Wildman–Crippen MR) is 74.7 cm³/mol. The Bertz CT molecular complexity index is 677. The number of nitrogens with two attached hydrogens (primary N) is 1. The zero-order valence-electron chi connectivity index (χ0n) is 11.4. The van der Waals surface area contributed by atoms with E-state index in [-0.39, 0.29) is 10.9 Å². The average Bonchev–Trinajstić information content (AvgIpc) is 2.88. The lowest BCUT2D eigenvalue weighted by Gasteiger charge is -2.02. The van der Waals surface area contributed by atoms with Crippen molar-refractivity contribution in [3.8, 4) is 11.5 Å². The average molecular weight is 295 g/mol. The molecule has 0 aliphatic rings. The van der Waals surface area contributed by atoms with Crippen LogP contribution in [-0.2, 0) is 9.84 Å². The van der Waals surface area contributed by atoms with Gasteiger partial charge in [0, 0.05) is 11.8 Å². The van der Waals surface area contributed by atoms with Crippen LogP contribution in [0.15, 0.2) is 33.7 Å². The van der Waals surface area contributed by atoms with Gasteiger partial charge in [-0.1, -0.05) is 18.5 Å². The van der Waals surface area contributed by atoms with Crippen molar-refractivity contribution in [3.63, 3.8) is 0 Å². The molecule has 2 rings (SSSR count). The molecule has 1 aromatic heterocycles. The summed E-state index contributed by atoms with van der Waals surface area (Å²) in [5, 5.41) is 3.85. The van der Waals surface area contributed by atoms with Gasteiger partial charge >= 0.3 is 0 Å². The Labute approximate surface area is 117 Å². The molecule has 0 spiro atoms. The van der Waals surface area contributed by atoms with Crippen LogP contribution in [0.3, 0.4) is 0 Å².